The van der Waals surface area contributed by atoms with Crippen molar-refractivity contribution in [1.82, 2.24) is 52.3 Å². The molecular weight excluding hydrogens is 989 g/mol. The first-order valence-electron chi connectivity index (χ1n) is 26.3. The Morgan fingerprint density at radius 1 is 0.792 bits per heavy atom. The van der Waals surface area contributed by atoms with Crippen LogP contribution in [-0.4, -0.2) is 151 Å². The van der Waals surface area contributed by atoms with Crippen LogP contribution in [0.25, 0.3) is 0 Å². The molecular formula is C56H78N10O11. The van der Waals surface area contributed by atoms with Crippen molar-refractivity contribution in [2.24, 2.45) is 5.41 Å². The summed E-state index contributed by atoms with van der Waals surface area (Å²) < 4.78 is 4.79. The largest absolute Gasteiger partial charge is 0.469 e. The fraction of sp³-hybridized carbons (Fsp3) is 0.518. The number of amides is 9. The fourth-order valence-electron chi connectivity index (χ4n) is 9.41. The van der Waals surface area contributed by atoms with Gasteiger partial charge in [-0.15, -0.1) is 0 Å². The van der Waals surface area contributed by atoms with E-state index in [1.807, 2.05) is 54.6 Å². The Kier molecular flexibility index (Phi) is 22.2. The standard InChI is InChI=1S/C56H78N10O11/c1-10-39(30-66(54(75)47(56(4,5)6)64-48(69)34(3)57-7)55(76)63-42-25-17-21-36-20-14-15-24-41(36)42)60-49(70)37-22-16-23-38(28-37)50(71)61-40-29-45(52(73)59-33(2)35-18-12-11-13-19-35)65(31-40)53(74)43(26-27-46(68)77-9)62-51(72)44(32-67)58-8/h11-16,18-20,22-24,28,33-34,39-40,42-45,47,57-58,67H,10,17,21,25-27,29-32H2,1-9H3,(H,59,73)(H,60,70)(H,61,71)(H,62,72)(H,63,76)(H,64,69)/t33-,34+,39+,40+,42-,43+,44+,45+,47?/m1/s1. The molecule has 9 N–H and O–H groups in total. The number of carbonyl (C=O) groups excluding carboxylic acids is 9. The van der Waals surface area contributed by atoms with E-state index in [1.54, 1.807) is 48.6 Å². The summed E-state index contributed by atoms with van der Waals surface area (Å²) in [7, 11) is 4.26. The molecule has 1 aliphatic carbocycles. The average molecular weight is 1070 g/mol. The van der Waals surface area contributed by atoms with Crippen LogP contribution in [0, 0.1) is 5.41 Å². The number of nitrogens with zero attached hydrogens (tertiary/aromatic N) is 2. The maximum atomic E-state index is 14.7. The molecule has 1 heterocycles. The van der Waals surface area contributed by atoms with E-state index in [9.17, 15) is 48.3 Å². The number of aryl methyl sites for hydroxylation is 1. The SMILES string of the molecule is CC[C@@H](CN(C(=O)N[C@@H]1CCCc2ccccc21)C(=O)C(NC(=O)[C@H](C)NC)C(C)(C)C)NC(=O)c1cccc(C(=O)N[C@H]2C[C@@H](C(=O)N[C@H](C)c3ccccc3)N(C(=O)[C@H](CCC(=O)OC)NC(=O)[C@H](CO)NC)C2)c1. The van der Waals surface area contributed by atoms with Crippen LogP contribution in [0.2, 0.25) is 0 Å². The van der Waals surface area contributed by atoms with E-state index in [2.05, 4.69) is 42.5 Å². The number of imide groups is 1. The predicted octanol–water partition coefficient (Wildman–Crippen LogP) is 2.54. The first-order valence-corrected chi connectivity index (χ1v) is 26.3. The lowest BCUT2D eigenvalue weighted by Crippen LogP contribution is -2.61. The highest BCUT2D eigenvalue weighted by Gasteiger charge is 2.44. The van der Waals surface area contributed by atoms with Crippen LogP contribution in [-0.2, 0) is 39.9 Å². The van der Waals surface area contributed by atoms with Gasteiger partial charge in [0, 0.05) is 36.2 Å². The molecule has 0 radical (unpaired) electrons. The minimum Gasteiger partial charge on any atom is -0.469 e. The Hall–Kier alpha value is -7.23. The molecule has 1 aliphatic heterocycles. The molecule has 1 saturated heterocycles. The van der Waals surface area contributed by atoms with Crippen molar-refractivity contribution in [3.05, 3.63) is 107 Å². The number of methoxy groups -OCH3 is 1. The van der Waals surface area contributed by atoms with Crippen molar-refractivity contribution in [3.8, 4) is 0 Å². The van der Waals surface area contributed by atoms with Crippen LogP contribution in [0.5, 0.6) is 0 Å². The average Bonchev–Trinajstić information content (AvgIpc) is 3.86. The maximum Gasteiger partial charge on any atom is 0.324 e. The van der Waals surface area contributed by atoms with Crippen LogP contribution >= 0.6 is 0 Å². The molecule has 0 bridgehead atoms. The summed E-state index contributed by atoms with van der Waals surface area (Å²) in [6.07, 6.45) is 2.09. The number of rotatable bonds is 23. The Labute approximate surface area is 451 Å². The zero-order valence-corrected chi connectivity index (χ0v) is 45.7. The van der Waals surface area contributed by atoms with E-state index in [4.69, 9.17) is 4.74 Å². The van der Waals surface area contributed by atoms with Gasteiger partial charge in [-0.25, -0.2) is 4.79 Å². The highest BCUT2D eigenvalue weighted by molar-refractivity contribution is 6.02. The Morgan fingerprint density at radius 2 is 1.47 bits per heavy atom. The number of benzene rings is 3. The molecule has 1 unspecified atom stereocenters. The van der Waals surface area contributed by atoms with Crippen molar-refractivity contribution in [3.63, 3.8) is 0 Å². The van der Waals surface area contributed by atoms with Gasteiger partial charge in [0.1, 0.15) is 24.2 Å². The van der Waals surface area contributed by atoms with Gasteiger partial charge in [0.15, 0.2) is 0 Å². The summed E-state index contributed by atoms with van der Waals surface area (Å²) in [5.41, 5.74) is 2.17. The Morgan fingerprint density at radius 3 is 2.10 bits per heavy atom. The molecule has 5 rings (SSSR count). The van der Waals surface area contributed by atoms with Crippen molar-refractivity contribution < 1.29 is 53.0 Å². The minimum atomic E-state index is -1.33. The van der Waals surface area contributed by atoms with E-state index in [-0.39, 0.29) is 55.9 Å². The van der Waals surface area contributed by atoms with Crippen LogP contribution in [0.1, 0.15) is 130 Å². The Balaban J connectivity index is 1.37. The zero-order chi connectivity index (χ0) is 56.6. The first-order chi connectivity index (χ1) is 36.6. The van der Waals surface area contributed by atoms with E-state index in [0.29, 0.717) is 6.42 Å². The molecule has 77 heavy (non-hydrogen) atoms. The quantitative estimate of drug-likeness (QED) is 0.0619. The van der Waals surface area contributed by atoms with Gasteiger partial charge in [-0.2, -0.15) is 0 Å². The highest BCUT2D eigenvalue weighted by Crippen LogP contribution is 2.30. The van der Waals surface area contributed by atoms with Gasteiger partial charge < -0.3 is 57.3 Å². The van der Waals surface area contributed by atoms with Gasteiger partial charge in [0.2, 0.25) is 23.6 Å². The summed E-state index contributed by atoms with van der Waals surface area (Å²) in [5.74, 6) is -4.93. The molecule has 3 aromatic rings. The lowest BCUT2D eigenvalue weighted by molar-refractivity contribution is -0.144. The third-order valence-electron chi connectivity index (χ3n) is 14.2. The molecule has 0 spiro atoms. The maximum absolute atomic E-state index is 14.7. The van der Waals surface area contributed by atoms with Gasteiger partial charge in [0.05, 0.1) is 38.4 Å². The lowest BCUT2D eigenvalue weighted by Gasteiger charge is -2.37. The summed E-state index contributed by atoms with van der Waals surface area (Å²) in [6.45, 7) is 9.56. The number of likely N-dealkylation sites (N-methyl/N-ethyl adjacent to an activating group) is 2. The van der Waals surface area contributed by atoms with E-state index < -0.39 is 114 Å². The van der Waals surface area contributed by atoms with Crippen LogP contribution in [0.4, 0.5) is 4.79 Å². The van der Waals surface area contributed by atoms with Crippen LogP contribution < -0.4 is 42.5 Å². The number of aliphatic hydroxyl groups excluding tert-OH is 1. The monoisotopic (exact) mass is 1070 g/mol. The second-order valence-electron chi connectivity index (χ2n) is 20.8. The number of ether oxygens (including phenoxy) is 1. The van der Waals surface area contributed by atoms with E-state index in [0.717, 1.165) is 34.4 Å². The van der Waals surface area contributed by atoms with Crippen LogP contribution in [0.3, 0.4) is 0 Å². The number of likely N-dealkylation sites (tertiary alicyclic amines) is 1. The minimum absolute atomic E-state index is 0.0407. The highest BCUT2D eigenvalue weighted by atomic mass is 16.5. The number of nitrogens with one attached hydrogen (secondary N) is 8. The topological polar surface area (TPSA) is 286 Å². The van der Waals surface area contributed by atoms with Crippen molar-refractivity contribution >= 4 is 53.4 Å². The fourth-order valence-corrected chi connectivity index (χ4v) is 9.41. The molecule has 9 atom stereocenters. The normalized spacial score (nSPS) is 18.4. The van der Waals surface area contributed by atoms with Gasteiger partial charge >= 0.3 is 12.0 Å². The third-order valence-corrected chi connectivity index (χ3v) is 14.2. The number of hydrogen-bond acceptors (Lipinski definition) is 13. The Bertz CT molecular complexity index is 2570. The van der Waals surface area contributed by atoms with Crippen molar-refractivity contribution in [2.75, 3.05) is 40.9 Å². The smallest absolute Gasteiger partial charge is 0.324 e. The number of esters is 1. The van der Waals surface area contributed by atoms with Crippen LogP contribution in [0.15, 0.2) is 78.9 Å². The van der Waals surface area contributed by atoms with E-state index in [1.165, 1.54) is 43.3 Å². The number of urea groups is 1. The van der Waals surface area contributed by atoms with Gasteiger partial charge in [-0.05, 0) is 107 Å². The second kappa shape index (κ2) is 28.2. The molecule has 418 valence electrons. The van der Waals surface area contributed by atoms with Gasteiger partial charge in [-0.3, -0.25) is 43.3 Å². The predicted molar refractivity (Wildman–Crippen MR) is 288 cm³/mol. The summed E-state index contributed by atoms with van der Waals surface area (Å²) in [4.78, 5) is 127. The summed E-state index contributed by atoms with van der Waals surface area (Å²) >= 11 is 0. The van der Waals surface area contributed by atoms with E-state index >= 15 is 0 Å². The molecule has 0 aromatic heterocycles. The molecule has 3 aromatic carbocycles. The van der Waals surface area contributed by atoms with Gasteiger partial charge in [0.25, 0.3) is 17.7 Å². The number of hydrogen-bond donors (Lipinski definition) is 9. The molecule has 0 saturated carbocycles. The summed E-state index contributed by atoms with van der Waals surface area (Å²) in [5, 5.41) is 32.7. The lowest BCUT2D eigenvalue weighted by atomic mass is 9.85. The number of fused-ring (bicyclic) bond motifs is 1. The van der Waals surface area contributed by atoms with Crippen molar-refractivity contribution in [1.29, 1.82) is 0 Å². The zero-order valence-electron chi connectivity index (χ0n) is 45.7. The molecule has 21 heteroatoms. The molecule has 1 fully saturated rings. The molecule has 9 amide bonds. The third kappa shape index (κ3) is 16.4. The summed E-state index contributed by atoms with van der Waals surface area (Å²) in [6, 6.07) is 14.4. The van der Waals surface area contributed by atoms with Gasteiger partial charge in [-0.1, -0.05) is 88.4 Å². The number of aliphatic hydroxyl groups is 1. The first kappa shape index (κ1) is 60.6. The molecule has 2 aliphatic rings. The molecule has 21 nitrogen and oxygen atoms in total. The second-order valence-corrected chi connectivity index (χ2v) is 20.8. The number of carbonyl (C=O) groups is 9. The van der Waals surface area contributed by atoms with Crippen molar-refractivity contribution in [2.45, 2.75) is 141 Å².